The third-order valence-corrected chi connectivity index (χ3v) is 5.21. The minimum Gasteiger partial charge on any atom is -0.493 e. The molecule has 0 unspecified atom stereocenters. The van der Waals surface area contributed by atoms with Gasteiger partial charge in [-0.2, -0.15) is 0 Å². The van der Waals surface area contributed by atoms with Gasteiger partial charge in [-0.3, -0.25) is 0 Å². The Labute approximate surface area is 166 Å². The molecule has 4 rings (SSSR count). The van der Waals surface area contributed by atoms with Crippen molar-refractivity contribution in [2.75, 3.05) is 7.11 Å². The molecule has 0 saturated carbocycles. The molecular weight excluding hydrogens is 372 g/mol. The summed E-state index contributed by atoms with van der Waals surface area (Å²) in [6.07, 6.45) is 4.01. The van der Waals surface area contributed by atoms with E-state index in [1.165, 1.54) is 0 Å². The maximum Gasteiger partial charge on any atom is 0.343 e. The largest absolute Gasteiger partial charge is 0.493 e. The Hall–Kier alpha value is -3.25. The standard InChI is InChI=1S/C22H18N2O3S/c1-26-19-6-2-3-7-20(19)27-22(25)16-9-11-18(12-10-16)28-15-17-14-24-13-5-4-8-21(24)23-17/h2-14H,15H2,1H3. The first-order chi connectivity index (χ1) is 13.7. The summed E-state index contributed by atoms with van der Waals surface area (Å²) in [4.78, 5) is 18.0. The maximum absolute atomic E-state index is 12.4. The van der Waals surface area contributed by atoms with Crippen molar-refractivity contribution in [2.24, 2.45) is 0 Å². The number of esters is 1. The van der Waals surface area contributed by atoms with Crippen LogP contribution >= 0.6 is 11.8 Å². The van der Waals surface area contributed by atoms with Crippen LogP contribution in [0.5, 0.6) is 11.5 Å². The fourth-order valence-electron chi connectivity index (χ4n) is 2.76. The van der Waals surface area contributed by atoms with Crippen LogP contribution in [0.25, 0.3) is 5.65 Å². The zero-order valence-corrected chi connectivity index (χ0v) is 16.1. The van der Waals surface area contributed by atoms with Gasteiger partial charge >= 0.3 is 5.97 Å². The highest BCUT2D eigenvalue weighted by atomic mass is 32.2. The molecule has 0 saturated heterocycles. The SMILES string of the molecule is COc1ccccc1OC(=O)c1ccc(SCc2cn3ccccc3n2)cc1. The summed E-state index contributed by atoms with van der Waals surface area (Å²) in [6, 6.07) is 20.4. The first-order valence-electron chi connectivity index (χ1n) is 8.73. The number of imidazole rings is 1. The van der Waals surface area contributed by atoms with Gasteiger partial charge in [0, 0.05) is 23.0 Å². The summed E-state index contributed by atoms with van der Waals surface area (Å²) < 4.78 is 12.7. The number of hydrogen-bond acceptors (Lipinski definition) is 5. The third-order valence-electron chi connectivity index (χ3n) is 4.16. The summed E-state index contributed by atoms with van der Waals surface area (Å²) >= 11 is 1.67. The fourth-order valence-corrected chi connectivity index (χ4v) is 3.55. The minimum absolute atomic E-state index is 0.403. The summed E-state index contributed by atoms with van der Waals surface area (Å²) in [5.41, 5.74) is 2.44. The molecule has 2 heterocycles. The quantitative estimate of drug-likeness (QED) is 0.267. The number of nitrogens with zero attached hydrogens (tertiary/aromatic N) is 2. The molecule has 4 aromatic rings. The van der Waals surface area contributed by atoms with Crippen LogP contribution in [0.15, 0.2) is 84.0 Å². The van der Waals surface area contributed by atoms with Crippen molar-refractivity contribution in [2.45, 2.75) is 10.6 Å². The van der Waals surface area contributed by atoms with Gasteiger partial charge in [-0.1, -0.05) is 18.2 Å². The number of aromatic nitrogens is 2. The highest BCUT2D eigenvalue weighted by Crippen LogP contribution is 2.27. The normalized spacial score (nSPS) is 10.8. The number of rotatable bonds is 6. The summed E-state index contributed by atoms with van der Waals surface area (Å²) in [5.74, 6) is 1.27. The first-order valence-corrected chi connectivity index (χ1v) is 9.72. The van der Waals surface area contributed by atoms with Gasteiger partial charge in [0.05, 0.1) is 18.4 Å². The summed E-state index contributed by atoms with van der Waals surface area (Å²) in [5, 5.41) is 0. The zero-order valence-electron chi connectivity index (χ0n) is 15.2. The third kappa shape index (κ3) is 4.02. The van der Waals surface area contributed by atoms with E-state index in [1.54, 1.807) is 49.2 Å². The lowest BCUT2D eigenvalue weighted by Crippen LogP contribution is -2.09. The van der Waals surface area contributed by atoms with Gasteiger partial charge in [-0.15, -0.1) is 11.8 Å². The van der Waals surface area contributed by atoms with E-state index in [0.717, 1.165) is 22.0 Å². The molecule has 28 heavy (non-hydrogen) atoms. The average molecular weight is 390 g/mol. The van der Waals surface area contributed by atoms with Crippen LogP contribution in [-0.4, -0.2) is 22.5 Å². The maximum atomic E-state index is 12.4. The summed E-state index contributed by atoms with van der Waals surface area (Å²) in [7, 11) is 1.54. The van der Waals surface area contributed by atoms with E-state index in [0.29, 0.717) is 17.1 Å². The van der Waals surface area contributed by atoms with Gasteiger partial charge < -0.3 is 13.9 Å². The molecule has 0 aliphatic rings. The van der Waals surface area contributed by atoms with Crippen molar-refractivity contribution in [3.8, 4) is 11.5 Å². The molecule has 0 aliphatic heterocycles. The molecule has 0 spiro atoms. The van der Waals surface area contributed by atoms with Gasteiger partial charge in [0.25, 0.3) is 0 Å². The molecule has 140 valence electrons. The van der Waals surface area contributed by atoms with Gasteiger partial charge in [0.1, 0.15) is 5.65 Å². The Kier molecular flexibility index (Phi) is 5.30. The molecule has 0 fully saturated rings. The second kappa shape index (κ2) is 8.19. The van der Waals surface area contributed by atoms with Crippen LogP contribution in [0, 0.1) is 0 Å². The molecule has 0 radical (unpaired) electrons. The van der Waals surface area contributed by atoms with Crippen molar-refractivity contribution in [3.63, 3.8) is 0 Å². The number of para-hydroxylation sites is 2. The van der Waals surface area contributed by atoms with Crippen LogP contribution in [-0.2, 0) is 5.75 Å². The molecule has 2 aromatic carbocycles. The Morgan fingerprint density at radius 3 is 2.50 bits per heavy atom. The first kappa shape index (κ1) is 18.1. The Morgan fingerprint density at radius 1 is 1.00 bits per heavy atom. The number of pyridine rings is 1. The molecule has 0 bridgehead atoms. The van der Waals surface area contributed by atoms with E-state index in [1.807, 2.05) is 53.2 Å². The predicted molar refractivity (Wildman–Crippen MR) is 109 cm³/mol. The lowest BCUT2D eigenvalue weighted by molar-refractivity contribution is 0.0729. The van der Waals surface area contributed by atoms with Gasteiger partial charge in [0.2, 0.25) is 0 Å². The second-order valence-electron chi connectivity index (χ2n) is 6.05. The van der Waals surface area contributed by atoms with E-state index in [2.05, 4.69) is 4.98 Å². The lowest BCUT2D eigenvalue weighted by Gasteiger charge is -2.09. The van der Waals surface area contributed by atoms with Crippen molar-refractivity contribution < 1.29 is 14.3 Å². The highest BCUT2D eigenvalue weighted by molar-refractivity contribution is 7.98. The lowest BCUT2D eigenvalue weighted by atomic mass is 10.2. The topological polar surface area (TPSA) is 52.8 Å². The van der Waals surface area contributed by atoms with Crippen molar-refractivity contribution >= 4 is 23.4 Å². The van der Waals surface area contributed by atoms with Crippen LogP contribution < -0.4 is 9.47 Å². The fraction of sp³-hybridized carbons (Fsp3) is 0.0909. The number of carbonyl (C=O) groups is 1. The van der Waals surface area contributed by atoms with E-state index >= 15 is 0 Å². The van der Waals surface area contributed by atoms with Crippen molar-refractivity contribution in [3.05, 3.63) is 90.4 Å². The Balaban J connectivity index is 1.39. The second-order valence-corrected chi connectivity index (χ2v) is 7.10. The van der Waals surface area contributed by atoms with Crippen molar-refractivity contribution in [1.29, 1.82) is 0 Å². The molecule has 0 amide bonds. The van der Waals surface area contributed by atoms with Crippen LogP contribution in [0.4, 0.5) is 0 Å². The number of hydrogen-bond donors (Lipinski definition) is 0. The molecule has 5 nitrogen and oxygen atoms in total. The van der Waals surface area contributed by atoms with E-state index in [9.17, 15) is 4.79 Å². The van der Waals surface area contributed by atoms with Crippen LogP contribution in [0.2, 0.25) is 0 Å². The van der Waals surface area contributed by atoms with Gasteiger partial charge in [-0.25, -0.2) is 9.78 Å². The van der Waals surface area contributed by atoms with E-state index < -0.39 is 5.97 Å². The number of methoxy groups -OCH3 is 1. The van der Waals surface area contributed by atoms with Crippen LogP contribution in [0.1, 0.15) is 16.1 Å². The zero-order chi connectivity index (χ0) is 19.3. The molecule has 0 N–H and O–H groups in total. The average Bonchev–Trinajstić information content (AvgIpc) is 3.16. The van der Waals surface area contributed by atoms with Gasteiger partial charge in [0.15, 0.2) is 11.5 Å². The highest BCUT2D eigenvalue weighted by Gasteiger charge is 2.12. The van der Waals surface area contributed by atoms with Crippen LogP contribution in [0.3, 0.4) is 0 Å². The minimum atomic E-state index is -0.415. The molecule has 0 atom stereocenters. The monoisotopic (exact) mass is 390 g/mol. The Morgan fingerprint density at radius 2 is 1.75 bits per heavy atom. The molecule has 2 aromatic heterocycles. The number of carbonyl (C=O) groups excluding carboxylic acids is 1. The number of thioether (sulfide) groups is 1. The Bertz CT molecular complexity index is 1070. The number of fused-ring (bicyclic) bond motifs is 1. The molecular formula is C22H18N2O3S. The van der Waals surface area contributed by atoms with Gasteiger partial charge in [-0.05, 0) is 48.5 Å². The van der Waals surface area contributed by atoms with Crippen molar-refractivity contribution in [1.82, 2.24) is 9.38 Å². The number of benzene rings is 2. The summed E-state index contributed by atoms with van der Waals surface area (Å²) in [6.45, 7) is 0. The van der Waals surface area contributed by atoms with E-state index in [-0.39, 0.29) is 0 Å². The number of ether oxygens (including phenoxy) is 2. The van der Waals surface area contributed by atoms with E-state index in [4.69, 9.17) is 9.47 Å². The molecule has 6 heteroatoms. The molecule has 0 aliphatic carbocycles. The smallest absolute Gasteiger partial charge is 0.343 e. The predicted octanol–water partition coefficient (Wildman–Crippen LogP) is 4.85.